The molecule has 0 radical (unpaired) electrons. The predicted octanol–water partition coefficient (Wildman–Crippen LogP) is 3.37. The van der Waals surface area contributed by atoms with Crippen LogP contribution in [0.2, 0.25) is 0 Å². The molecule has 3 rings (SSSR count). The first-order valence-electron chi connectivity index (χ1n) is 8.92. The molecule has 0 aliphatic carbocycles. The molecule has 132 valence electrons. The van der Waals surface area contributed by atoms with E-state index in [1.165, 1.54) is 11.1 Å². The summed E-state index contributed by atoms with van der Waals surface area (Å²) in [6, 6.07) is 18.9. The van der Waals surface area contributed by atoms with Gasteiger partial charge in [-0.3, -0.25) is 0 Å². The summed E-state index contributed by atoms with van der Waals surface area (Å²) in [6.45, 7) is 6.66. The normalized spacial score (nSPS) is 12.0. The SMILES string of the molecule is CCC(c1ccc(CC(C)C)cc1)c1nc(O)c(-c2ccccc2)s1.[H-].[K+]. The second kappa shape index (κ2) is 10.2. The zero-order valence-corrected chi connectivity index (χ0v) is 20.0. The molecule has 2 nitrogen and oxygen atoms in total. The van der Waals surface area contributed by atoms with Crippen LogP contribution < -0.4 is 51.4 Å². The van der Waals surface area contributed by atoms with Crippen molar-refractivity contribution in [1.29, 1.82) is 0 Å². The zero-order chi connectivity index (χ0) is 17.8. The summed E-state index contributed by atoms with van der Waals surface area (Å²) in [5.74, 6) is 1.03. The number of aromatic nitrogens is 1. The number of hydrogen-bond acceptors (Lipinski definition) is 3. The minimum absolute atomic E-state index is 0. The summed E-state index contributed by atoms with van der Waals surface area (Å²) < 4.78 is 0. The summed E-state index contributed by atoms with van der Waals surface area (Å²) in [6.07, 6.45) is 2.07. The van der Waals surface area contributed by atoms with Crippen molar-refractivity contribution >= 4 is 11.3 Å². The van der Waals surface area contributed by atoms with Crippen molar-refractivity contribution in [2.45, 2.75) is 39.5 Å². The number of benzene rings is 2. The third-order valence-corrected chi connectivity index (χ3v) is 5.60. The molecule has 0 amide bonds. The van der Waals surface area contributed by atoms with Gasteiger partial charge in [-0.25, -0.2) is 4.98 Å². The Morgan fingerprint density at radius 2 is 1.69 bits per heavy atom. The Hall–Kier alpha value is -0.494. The molecule has 1 unspecified atom stereocenters. The van der Waals surface area contributed by atoms with E-state index in [0.717, 1.165) is 28.3 Å². The molecule has 4 heteroatoms. The standard InChI is InChI=1S/C22H25NOS.K.H/c1-4-19(17-12-10-16(11-13-17)14-15(2)3)22-23-21(24)20(25-22)18-8-6-5-7-9-18;;/h5-13,15,19,24H,4,14H2,1-3H3;;/q;+1;-1. The maximum absolute atomic E-state index is 10.3. The molecule has 26 heavy (non-hydrogen) atoms. The number of rotatable bonds is 6. The second-order valence-corrected chi connectivity index (χ2v) is 7.90. The van der Waals surface area contributed by atoms with E-state index in [4.69, 9.17) is 0 Å². The van der Waals surface area contributed by atoms with E-state index in [1.807, 2.05) is 30.3 Å². The van der Waals surface area contributed by atoms with Crippen LogP contribution in [0.4, 0.5) is 0 Å². The van der Waals surface area contributed by atoms with Gasteiger partial charge in [-0.15, -0.1) is 11.3 Å². The molecular weight excluding hydrogens is 365 g/mol. The van der Waals surface area contributed by atoms with Crippen molar-refractivity contribution in [3.05, 3.63) is 70.7 Å². The minimum atomic E-state index is 0. The first-order chi connectivity index (χ1) is 12.1. The van der Waals surface area contributed by atoms with E-state index in [9.17, 15) is 5.11 Å². The van der Waals surface area contributed by atoms with Crippen LogP contribution in [-0.2, 0) is 6.42 Å². The first kappa shape index (κ1) is 21.8. The Kier molecular flexibility index (Phi) is 8.52. The van der Waals surface area contributed by atoms with Crippen molar-refractivity contribution in [3.63, 3.8) is 0 Å². The Morgan fingerprint density at radius 3 is 2.27 bits per heavy atom. The molecule has 0 spiro atoms. The zero-order valence-electron chi connectivity index (χ0n) is 17.1. The fourth-order valence-electron chi connectivity index (χ4n) is 3.17. The van der Waals surface area contributed by atoms with Crippen molar-refractivity contribution in [1.82, 2.24) is 4.98 Å². The van der Waals surface area contributed by atoms with Crippen LogP contribution in [0, 0.1) is 5.92 Å². The van der Waals surface area contributed by atoms with Gasteiger partial charge in [-0.2, -0.15) is 0 Å². The molecule has 0 aliphatic heterocycles. The average Bonchev–Trinajstić information content (AvgIpc) is 2.99. The van der Waals surface area contributed by atoms with E-state index < -0.39 is 0 Å². The summed E-state index contributed by atoms with van der Waals surface area (Å²) in [5.41, 5.74) is 3.66. The van der Waals surface area contributed by atoms with Crippen molar-refractivity contribution in [2.75, 3.05) is 0 Å². The maximum atomic E-state index is 10.3. The third-order valence-electron chi connectivity index (χ3n) is 4.39. The molecule has 1 N–H and O–H groups in total. The van der Waals surface area contributed by atoms with Gasteiger partial charge >= 0.3 is 51.4 Å². The van der Waals surface area contributed by atoms with E-state index in [0.29, 0.717) is 5.92 Å². The molecule has 1 atom stereocenters. The molecule has 0 aliphatic rings. The monoisotopic (exact) mass is 391 g/mol. The number of hydrogen-bond donors (Lipinski definition) is 1. The molecule has 0 fully saturated rings. The molecule has 0 saturated heterocycles. The molecule has 1 aromatic heterocycles. The van der Waals surface area contributed by atoms with Crippen LogP contribution in [-0.4, -0.2) is 10.1 Å². The van der Waals surface area contributed by atoms with Gasteiger partial charge in [-0.1, -0.05) is 75.4 Å². The van der Waals surface area contributed by atoms with Gasteiger partial charge in [0, 0.05) is 5.92 Å². The van der Waals surface area contributed by atoms with Crippen molar-refractivity contribution < 1.29 is 57.9 Å². The van der Waals surface area contributed by atoms with E-state index >= 15 is 0 Å². The van der Waals surface area contributed by atoms with Gasteiger partial charge in [-0.05, 0) is 35.4 Å². The van der Waals surface area contributed by atoms with Gasteiger partial charge in [0.15, 0.2) is 0 Å². The Morgan fingerprint density at radius 1 is 1.04 bits per heavy atom. The van der Waals surface area contributed by atoms with Crippen LogP contribution in [0.15, 0.2) is 54.6 Å². The minimum Gasteiger partial charge on any atom is -1.00 e. The number of thiazole rings is 1. The Balaban J connectivity index is 0.00000182. The van der Waals surface area contributed by atoms with E-state index in [-0.39, 0.29) is 64.6 Å². The van der Waals surface area contributed by atoms with E-state index in [2.05, 4.69) is 50.0 Å². The molecule has 0 saturated carbocycles. The fourth-order valence-corrected chi connectivity index (χ4v) is 4.34. The van der Waals surface area contributed by atoms with Crippen LogP contribution in [0.25, 0.3) is 10.4 Å². The summed E-state index contributed by atoms with van der Waals surface area (Å²) in [7, 11) is 0. The fraction of sp³-hybridized carbons (Fsp3) is 0.318. The van der Waals surface area contributed by atoms with Crippen LogP contribution in [0.3, 0.4) is 0 Å². The quantitative estimate of drug-likeness (QED) is 0.654. The second-order valence-electron chi connectivity index (χ2n) is 6.87. The van der Waals surface area contributed by atoms with E-state index in [1.54, 1.807) is 11.3 Å². The maximum Gasteiger partial charge on any atom is 1.00 e. The molecular formula is C22H26KNOS. The molecule has 1 heterocycles. The van der Waals surface area contributed by atoms with Gasteiger partial charge < -0.3 is 6.53 Å². The first-order valence-corrected chi connectivity index (χ1v) is 9.74. The van der Waals surface area contributed by atoms with Crippen LogP contribution in [0.1, 0.15) is 50.7 Å². The smallest absolute Gasteiger partial charge is 1.00 e. The largest absolute Gasteiger partial charge is 1.00 e. The van der Waals surface area contributed by atoms with Crippen LogP contribution >= 0.6 is 11.3 Å². The topological polar surface area (TPSA) is 33.1 Å². The predicted molar refractivity (Wildman–Crippen MR) is 107 cm³/mol. The molecule has 2 aromatic carbocycles. The summed E-state index contributed by atoms with van der Waals surface area (Å²) in [4.78, 5) is 5.33. The number of aromatic hydroxyl groups is 1. The Bertz CT molecular complexity index is 818. The molecule has 0 bridgehead atoms. The number of nitrogens with zero attached hydrogens (tertiary/aromatic N) is 1. The van der Waals surface area contributed by atoms with Gasteiger partial charge in [0.25, 0.3) is 0 Å². The third kappa shape index (κ3) is 5.28. The van der Waals surface area contributed by atoms with Crippen molar-refractivity contribution in [3.8, 4) is 16.3 Å². The van der Waals surface area contributed by atoms with Crippen molar-refractivity contribution in [2.24, 2.45) is 5.92 Å². The molecule has 3 aromatic rings. The summed E-state index contributed by atoms with van der Waals surface area (Å²) in [5, 5.41) is 11.3. The van der Waals surface area contributed by atoms with Crippen LogP contribution in [0.5, 0.6) is 5.88 Å². The van der Waals surface area contributed by atoms with Gasteiger partial charge in [0.2, 0.25) is 5.88 Å². The average molecular weight is 392 g/mol. The Labute approximate surface area is 204 Å². The van der Waals surface area contributed by atoms with Gasteiger partial charge in [0.05, 0.1) is 4.88 Å². The van der Waals surface area contributed by atoms with Gasteiger partial charge in [0.1, 0.15) is 5.01 Å². The summed E-state index contributed by atoms with van der Waals surface area (Å²) >= 11 is 1.59.